The average molecular weight is 399 g/mol. The zero-order chi connectivity index (χ0) is 19.8. The van der Waals surface area contributed by atoms with Crippen LogP contribution in [0, 0.1) is 5.92 Å². The molecule has 1 aliphatic carbocycles. The average Bonchev–Trinajstić information content (AvgIpc) is 3.31. The lowest BCUT2D eigenvalue weighted by Crippen LogP contribution is -2.20. The van der Waals surface area contributed by atoms with Crippen LogP contribution < -0.4 is 5.73 Å². The summed E-state index contributed by atoms with van der Waals surface area (Å²) in [5, 5.41) is 0.855. The fourth-order valence-corrected chi connectivity index (χ4v) is 4.50. The predicted octanol–water partition coefficient (Wildman–Crippen LogP) is 4.65. The van der Waals surface area contributed by atoms with E-state index in [1.54, 1.807) is 0 Å². The van der Waals surface area contributed by atoms with Crippen LogP contribution >= 0.6 is 11.6 Å². The van der Waals surface area contributed by atoms with Gasteiger partial charge in [0.05, 0.1) is 0 Å². The van der Waals surface area contributed by atoms with Crippen LogP contribution in [0.25, 0.3) is 0 Å². The molecule has 0 radical (unpaired) electrons. The molecule has 150 valence electrons. The van der Waals surface area contributed by atoms with Crippen molar-refractivity contribution < 1.29 is 4.79 Å². The topological polar surface area (TPSA) is 46.3 Å². The molecule has 2 aromatic rings. The van der Waals surface area contributed by atoms with Crippen LogP contribution in [0.4, 0.5) is 0 Å². The molecule has 0 saturated carbocycles. The highest BCUT2D eigenvalue weighted by atomic mass is 35.5. The van der Waals surface area contributed by atoms with Crippen molar-refractivity contribution >= 4 is 17.5 Å². The first kappa shape index (κ1) is 20.9. The lowest BCUT2D eigenvalue weighted by Gasteiger charge is -2.13. The standard InChI is InChI=1S/C13H18ClN.C11H13NO/c14-13-7-3-5-12(11-13)6-4-10-15-8-1-2-9-15;12-11(13)7-8-5-9-3-1-2-4-10(9)6-8/h3,5,7,11H,1-2,4,6,8-10H2;1-4,8H,5-7H2,(H2,12,13). The van der Waals surface area contributed by atoms with Gasteiger partial charge in [-0.1, -0.05) is 48.0 Å². The summed E-state index contributed by atoms with van der Waals surface area (Å²) < 4.78 is 0. The van der Waals surface area contributed by atoms with Gasteiger partial charge in [-0.3, -0.25) is 4.79 Å². The van der Waals surface area contributed by atoms with Crippen molar-refractivity contribution in [3.8, 4) is 0 Å². The quantitative estimate of drug-likeness (QED) is 0.770. The largest absolute Gasteiger partial charge is 0.370 e. The van der Waals surface area contributed by atoms with Gasteiger partial charge in [-0.05, 0) is 92.9 Å². The normalized spacial score (nSPS) is 16.5. The highest BCUT2D eigenvalue weighted by Crippen LogP contribution is 2.28. The van der Waals surface area contributed by atoms with Crippen LogP contribution in [0.15, 0.2) is 48.5 Å². The highest BCUT2D eigenvalue weighted by Gasteiger charge is 2.21. The Balaban J connectivity index is 0.000000162. The molecular formula is C24H31ClN2O. The number of hydrogen-bond donors (Lipinski definition) is 1. The molecule has 4 heteroatoms. The van der Waals surface area contributed by atoms with E-state index in [2.05, 4.69) is 29.2 Å². The molecule has 2 aliphatic rings. The first-order valence-electron chi connectivity index (χ1n) is 10.4. The molecule has 0 atom stereocenters. The predicted molar refractivity (Wildman–Crippen MR) is 117 cm³/mol. The van der Waals surface area contributed by atoms with Gasteiger partial charge in [0.15, 0.2) is 0 Å². The number of rotatable bonds is 6. The number of benzene rings is 2. The second-order valence-electron chi connectivity index (χ2n) is 8.00. The third-order valence-corrected chi connectivity index (χ3v) is 5.89. The molecule has 1 saturated heterocycles. The monoisotopic (exact) mass is 398 g/mol. The van der Waals surface area contributed by atoms with Gasteiger partial charge in [-0.25, -0.2) is 0 Å². The van der Waals surface area contributed by atoms with E-state index in [1.165, 1.54) is 55.6 Å². The molecule has 3 nitrogen and oxygen atoms in total. The number of fused-ring (bicyclic) bond motifs is 1. The molecule has 1 amide bonds. The third kappa shape index (κ3) is 6.65. The van der Waals surface area contributed by atoms with Gasteiger partial charge in [0, 0.05) is 11.4 Å². The Morgan fingerprint density at radius 2 is 1.71 bits per heavy atom. The number of likely N-dealkylation sites (tertiary alicyclic amines) is 1. The summed E-state index contributed by atoms with van der Waals surface area (Å²) >= 11 is 5.94. The van der Waals surface area contributed by atoms with Crippen LogP contribution in [0.2, 0.25) is 5.02 Å². The van der Waals surface area contributed by atoms with Crippen LogP contribution in [0.3, 0.4) is 0 Å². The number of carbonyl (C=O) groups excluding carboxylic acids is 1. The fraction of sp³-hybridized carbons (Fsp3) is 0.458. The summed E-state index contributed by atoms with van der Waals surface area (Å²) in [5.74, 6) is 0.257. The molecule has 4 rings (SSSR count). The molecular weight excluding hydrogens is 368 g/mol. The van der Waals surface area contributed by atoms with Gasteiger partial charge in [-0.2, -0.15) is 0 Å². The number of primary amides is 1. The van der Waals surface area contributed by atoms with E-state index in [0.717, 1.165) is 24.3 Å². The Morgan fingerprint density at radius 1 is 1.04 bits per heavy atom. The molecule has 2 N–H and O–H groups in total. The lowest BCUT2D eigenvalue weighted by molar-refractivity contribution is -0.118. The van der Waals surface area contributed by atoms with Crippen molar-refractivity contribution in [3.63, 3.8) is 0 Å². The number of amides is 1. The second-order valence-corrected chi connectivity index (χ2v) is 8.43. The molecule has 0 bridgehead atoms. The minimum absolute atomic E-state index is 0.183. The van der Waals surface area contributed by atoms with Gasteiger partial charge < -0.3 is 10.6 Å². The Hall–Kier alpha value is -1.84. The minimum atomic E-state index is -0.183. The summed E-state index contributed by atoms with van der Waals surface area (Å²) in [7, 11) is 0. The van der Waals surface area contributed by atoms with Gasteiger partial charge in [0.1, 0.15) is 0 Å². The molecule has 1 heterocycles. The molecule has 28 heavy (non-hydrogen) atoms. The van der Waals surface area contributed by atoms with E-state index in [4.69, 9.17) is 17.3 Å². The van der Waals surface area contributed by atoms with Gasteiger partial charge in [0.25, 0.3) is 0 Å². The summed E-state index contributed by atoms with van der Waals surface area (Å²) in [5.41, 5.74) is 9.30. The van der Waals surface area contributed by atoms with Crippen LogP contribution in [-0.4, -0.2) is 30.4 Å². The van der Waals surface area contributed by atoms with Crippen molar-refractivity contribution in [2.24, 2.45) is 11.7 Å². The maximum Gasteiger partial charge on any atom is 0.217 e. The molecule has 1 fully saturated rings. The third-order valence-electron chi connectivity index (χ3n) is 5.65. The first-order chi connectivity index (χ1) is 13.6. The van der Waals surface area contributed by atoms with Crippen molar-refractivity contribution in [2.75, 3.05) is 19.6 Å². The molecule has 0 spiro atoms. The van der Waals surface area contributed by atoms with E-state index < -0.39 is 0 Å². The SMILES string of the molecule is Clc1cccc(CCCN2CCCC2)c1.NC(=O)CC1Cc2ccccc2C1. The molecule has 2 aromatic carbocycles. The maximum absolute atomic E-state index is 10.7. The van der Waals surface area contributed by atoms with E-state index in [1.807, 2.05) is 24.3 Å². The number of nitrogens with zero attached hydrogens (tertiary/aromatic N) is 1. The number of aryl methyl sites for hydroxylation is 1. The maximum atomic E-state index is 10.7. The van der Waals surface area contributed by atoms with Crippen LogP contribution in [-0.2, 0) is 24.1 Å². The minimum Gasteiger partial charge on any atom is -0.370 e. The highest BCUT2D eigenvalue weighted by molar-refractivity contribution is 6.30. The molecule has 0 unspecified atom stereocenters. The van der Waals surface area contributed by atoms with E-state index in [0.29, 0.717) is 12.3 Å². The first-order valence-corrected chi connectivity index (χ1v) is 10.8. The number of halogens is 1. The van der Waals surface area contributed by atoms with Gasteiger partial charge in [0.2, 0.25) is 5.91 Å². The van der Waals surface area contributed by atoms with Gasteiger partial charge >= 0.3 is 0 Å². The summed E-state index contributed by atoms with van der Waals surface area (Å²) in [6, 6.07) is 16.6. The number of hydrogen-bond acceptors (Lipinski definition) is 2. The summed E-state index contributed by atoms with van der Waals surface area (Å²) in [6.45, 7) is 3.84. The fourth-order valence-electron chi connectivity index (χ4n) is 4.28. The van der Waals surface area contributed by atoms with Crippen molar-refractivity contribution in [1.29, 1.82) is 0 Å². The Morgan fingerprint density at radius 3 is 2.32 bits per heavy atom. The molecule has 1 aliphatic heterocycles. The second kappa shape index (κ2) is 10.6. The van der Waals surface area contributed by atoms with Crippen molar-refractivity contribution in [1.82, 2.24) is 4.90 Å². The van der Waals surface area contributed by atoms with Gasteiger partial charge in [-0.15, -0.1) is 0 Å². The van der Waals surface area contributed by atoms with Crippen LogP contribution in [0.5, 0.6) is 0 Å². The van der Waals surface area contributed by atoms with E-state index in [9.17, 15) is 4.79 Å². The smallest absolute Gasteiger partial charge is 0.217 e. The van der Waals surface area contributed by atoms with Crippen LogP contribution in [0.1, 0.15) is 42.4 Å². The van der Waals surface area contributed by atoms with Crippen molar-refractivity contribution in [3.05, 3.63) is 70.2 Å². The van der Waals surface area contributed by atoms with E-state index in [-0.39, 0.29) is 5.91 Å². The Labute approximate surface area is 173 Å². The zero-order valence-corrected chi connectivity index (χ0v) is 17.3. The zero-order valence-electron chi connectivity index (χ0n) is 16.6. The molecule has 0 aromatic heterocycles. The number of carbonyl (C=O) groups is 1. The number of nitrogens with two attached hydrogens (primary N) is 1. The van der Waals surface area contributed by atoms with Crippen molar-refractivity contribution in [2.45, 2.75) is 44.9 Å². The summed E-state index contributed by atoms with van der Waals surface area (Å²) in [4.78, 5) is 13.3. The Kier molecular flexibility index (Phi) is 7.93. The lowest BCUT2D eigenvalue weighted by atomic mass is 10.0. The summed E-state index contributed by atoms with van der Waals surface area (Å²) in [6.07, 6.45) is 7.72. The Bertz CT molecular complexity index is 746. The van der Waals surface area contributed by atoms with E-state index >= 15 is 0 Å².